The van der Waals surface area contributed by atoms with Crippen molar-refractivity contribution in [1.29, 1.82) is 0 Å². The number of thiol groups is 1. The number of aliphatic hydroxyl groups excluding tert-OH is 3. The average molecular weight is 1730 g/mol. The summed E-state index contributed by atoms with van der Waals surface area (Å²) in [7, 11) is 0. The highest BCUT2D eigenvalue weighted by Crippen LogP contribution is 2.22. The molecule has 43 heteroatoms. The second-order valence-electron chi connectivity index (χ2n) is 30.9. The number of nitrogens with two attached hydrogens (primary N) is 4. The summed E-state index contributed by atoms with van der Waals surface area (Å²) in [5.74, 6) is -20.2. The number of hydrogen-bond donors (Lipinski definition) is 25. The number of nitrogens with one attached hydrogen (secondary N) is 14. The van der Waals surface area contributed by atoms with Crippen LogP contribution in [-0.4, -0.2) is 276 Å². The Morgan fingerprint density at radius 1 is 0.521 bits per heavy atom. The number of rotatable bonds is 53. The summed E-state index contributed by atoms with van der Waals surface area (Å²) < 4.78 is 0. The number of benzene rings is 2. The van der Waals surface area contributed by atoms with Crippen molar-refractivity contribution in [3.8, 4) is 5.75 Å². The molecule has 28 N–H and O–H groups in total. The lowest BCUT2D eigenvalue weighted by Crippen LogP contribution is -2.62. The molecule has 15 amide bonds. The summed E-state index contributed by atoms with van der Waals surface area (Å²) in [5.41, 5.74) is 24.0. The fraction of sp³-hybridized carbons (Fsp3) is 0.603. The minimum absolute atomic E-state index is 0.0642. The molecule has 16 atom stereocenters. The lowest BCUT2D eigenvalue weighted by atomic mass is 9.98. The Hall–Kier alpha value is -11.1. The van der Waals surface area contributed by atoms with E-state index in [4.69, 9.17) is 22.9 Å². The summed E-state index contributed by atoms with van der Waals surface area (Å²) >= 11 is 4.37. The molecule has 1 aliphatic rings. The van der Waals surface area contributed by atoms with E-state index in [2.05, 4.69) is 86.7 Å². The number of carboxylic acid groups (broad SMARTS) is 2. The zero-order valence-electron chi connectivity index (χ0n) is 69.1. The third-order valence-corrected chi connectivity index (χ3v) is 20.2. The molecule has 0 saturated carbocycles. The first kappa shape index (κ1) is 102. The van der Waals surface area contributed by atoms with Crippen LogP contribution >= 0.6 is 12.6 Å². The predicted molar refractivity (Wildman–Crippen MR) is 440 cm³/mol. The molecule has 3 aromatic rings. The quantitative estimate of drug-likeness (QED) is 0.0185. The average Bonchev–Trinajstić information content (AvgIpc) is 1.70. The number of likely N-dealkylation sites (tertiary alicyclic amines) is 1. The molecule has 672 valence electrons. The van der Waals surface area contributed by atoms with Gasteiger partial charge in [-0.25, -0.2) is 4.79 Å². The fourth-order valence-electron chi connectivity index (χ4n) is 13.0. The maximum atomic E-state index is 14.9. The highest BCUT2D eigenvalue weighted by atomic mass is 32.1. The third kappa shape index (κ3) is 33.4. The lowest BCUT2D eigenvalue weighted by molar-refractivity contribution is -0.145. The second kappa shape index (κ2) is 50.8. The standard InChI is InChI=1S/C78H121N19O23S/c1-38(2)30-52(88-71(112)54(32-44-34-83-48-17-10-9-16-46(44)48)90-75(116)62(40(5)6)94-77(118)64(42(8)100)95-65(106)47(81)33-58(82)102)69(110)92-56(37-121)72(113)89-53(31-43-21-23-45(101)24-22-43)70(111)85-51(25-26-60(104)105)68(109)93-61(39(3)4)74(115)87-50(19-12-14-28-80)67(108)96-63(41(7)99)76(117)86-49(18-11-13-27-79)66(107)84-35-59(103)97-29-15-20-57(97)73(114)91-55(36-98)78(119)120/h9-10,16-17,21-24,34,38-42,47,49-57,61-64,83,98-101,121H,11-15,18-20,25-33,35-37,79-81H2,1-8H3,(H2,82,102)(H,84,107)(H,85,111)(H,86,117)(H,87,115)(H,88,112)(H,89,113)(H,90,116)(H,91,114)(H,92,110)(H,93,109)(H,94,118)(H,95,106)(H,96,108)(H,104,105)(H,119,120)/t41-,42-,47+,49+,50+,51+,52+,53+,54+,55+,56+,57+,61+,62+,63+,64+/m1/s1. The molecular weight excluding hydrogens is 1600 g/mol. The Balaban J connectivity index is 1.60. The SMILES string of the molecule is CC(C)C[C@H](NC(=O)[C@H](Cc1c[nH]c2ccccc12)NC(=O)[C@@H](NC(=O)[C@@H](NC(=O)[C@@H](N)CC(N)=O)[C@@H](C)O)C(C)C)C(=O)N[C@@H](CS)C(=O)N[C@@H](Cc1ccc(O)cc1)C(=O)N[C@@H](CCC(=O)O)C(=O)N[C@H](C(=O)N[C@@H](CCCCN)C(=O)N[C@H](C(=O)N[C@@H](CCCCN)C(=O)NCC(=O)N1CCC[C@H]1C(=O)N[C@@H](CO)C(=O)O)[C@@H](C)O)C(C)C. The van der Waals surface area contributed by atoms with Gasteiger partial charge in [-0.1, -0.05) is 71.9 Å². The van der Waals surface area contributed by atoms with E-state index in [1.54, 1.807) is 58.2 Å². The number of fused-ring (bicyclic) bond motifs is 1. The molecule has 2 heterocycles. The number of aromatic amines is 1. The number of aliphatic carboxylic acids is 2. The number of carbonyl (C=O) groups is 17. The van der Waals surface area contributed by atoms with Crippen molar-refractivity contribution in [1.82, 2.24) is 79.0 Å². The van der Waals surface area contributed by atoms with E-state index < -0.39 is 254 Å². The van der Waals surface area contributed by atoms with Crippen molar-refractivity contribution >= 4 is 124 Å². The number of hydrogen-bond acceptors (Lipinski definition) is 25. The number of nitrogens with zero attached hydrogens (tertiary/aromatic N) is 1. The van der Waals surface area contributed by atoms with Gasteiger partial charge >= 0.3 is 11.9 Å². The number of carbonyl (C=O) groups excluding carboxylic acids is 15. The summed E-state index contributed by atoms with van der Waals surface area (Å²) in [4.78, 5) is 237. The normalized spacial score (nSPS) is 16.3. The van der Waals surface area contributed by atoms with Crippen LogP contribution in [-0.2, 0) is 94.3 Å². The minimum Gasteiger partial charge on any atom is -0.508 e. The Bertz CT molecular complexity index is 4050. The topological polar surface area (TPSA) is 691 Å². The van der Waals surface area contributed by atoms with Crippen LogP contribution in [0.1, 0.15) is 144 Å². The van der Waals surface area contributed by atoms with Crippen molar-refractivity contribution in [2.24, 2.45) is 40.7 Å². The summed E-state index contributed by atoms with van der Waals surface area (Å²) in [6.45, 7) is 10.7. The van der Waals surface area contributed by atoms with Crippen LogP contribution in [0.2, 0.25) is 0 Å². The zero-order valence-corrected chi connectivity index (χ0v) is 70.0. The van der Waals surface area contributed by atoms with Gasteiger partial charge in [0.2, 0.25) is 88.6 Å². The number of phenols is 1. The van der Waals surface area contributed by atoms with Crippen LogP contribution in [0.5, 0.6) is 5.75 Å². The smallest absolute Gasteiger partial charge is 0.328 e. The number of aromatic hydroxyl groups is 1. The van der Waals surface area contributed by atoms with Crippen molar-refractivity contribution in [2.45, 2.75) is 242 Å². The van der Waals surface area contributed by atoms with Crippen LogP contribution in [0.4, 0.5) is 0 Å². The van der Waals surface area contributed by atoms with E-state index in [1.807, 2.05) is 0 Å². The summed E-state index contributed by atoms with van der Waals surface area (Å²) in [5, 5.41) is 93.5. The van der Waals surface area contributed by atoms with Gasteiger partial charge in [0.15, 0.2) is 0 Å². The lowest BCUT2D eigenvalue weighted by Gasteiger charge is -2.30. The molecule has 0 aliphatic carbocycles. The van der Waals surface area contributed by atoms with E-state index in [-0.39, 0.29) is 76.2 Å². The molecule has 2 aromatic carbocycles. The number of para-hydroxylation sites is 1. The van der Waals surface area contributed by atoms with Crippen molar-refractivity contribution in [3.05, 3.63) is 65.9 Å². The molecule has 0 spiro atoms. The monoisotopic (exact) mass is 1720 g/mol. The van der Waals surface area contributed by atoms with E-state index in [1.165, 1.54) is 45.0 Å². The molecule has 4 rings (SSSR count). The number of H-pyrrole nitrogens is 1. The molecule has 1 saturated heterocycles. The Kier molecular flexibility index (Phi) is 43.0. The number of aliphatic hydroxyl groups is 3. The van der Waals surface area contributed by atoms with E-state index in [0.29, 0.717) is 41.3 Å². The number of carboxylic acids is 2. The molecular formula is C78H121N19O23S. The molecule has 0 radical (unpaired) electrons. The van der Waals surface area contributed by atoms with Crippen LogP contribution in [0, 0.1) is 17.8 Å². The third-order valence-electron chi connectivity index (χ3n) is 19.8. The van der Waals surface area contributed by atoms with Gasteiger partial charge < -0.3 is 133 Å². The maximum absolute atomic E-state index is 14.9. The number of amides is 15. The Labute approximate surface area is 705 Å². The molecule has 0 bridgehead atoms. The summed E-state index contributed by atoms with van der Waals surface area (Å²) in [6.07, 6.45) is -2.97. The first-order valence-electron chi connectivity index (χ1n) is 40.1. The maximum Gasteiger partial charge on any atom is 0.328 e. The number of primary amides is 1. The van der Waals surface area contributed by atoms with Gasteiger partial charge in [-0.05, 0) is 138 Å². The van der Waals surface area contributed by atoms with Crippen LogP contribution in [0.3, 0.4) is 0 Å². The van der Waals surface area contributed by atoms with Gasteiger partial charge in [0.25, 0.3) is 0 Å². The highest BCUT2D eigenvalue weighted by Gasteiger charge is 2.41. The Morgan fingerprint density at radius 3 is 1.48 bits per heavy atom. The molecule has 1 fully saturated rings. The number of phenolic OH excluding ortho intramolecular Hbond substituents is 1. The van der Waals surface area contributed by atoms with Gasteiger partial charge in [-0.15, -0.1) is 0 Å². The molecule has 42 nitrogen and oxygen atoms in total. The predicted octanol–water partition coefficient (Wildman–Crippen LogP) is -5.96. The van der Waals surface area contributed by atoms with Gasteiger partial charge in [0.05, 0.1) is 37.8 Å². The molecule has 121 heavy (non-hydrogen) atoms. The molecule has 1 aliphatic heterocycles. The summed E-state index contributed by atoms with van der Waals surface area (Å²) in [6, 6.07) is -9.56. The number of aromatic nitrogens is 1. The first-order valence-corrected chi connectivity index (χ1v) is 40.7. The van der Waals surface area contributed by atoms with Crippen molar-refractivity contribution in [3.63, 3.8) is 0 Å². The number of unbranched alkanes of at least 4 members (excludes halogenated alkanes) is 2. The van der Waals surface area contributed by atoms with Crippen molar-refractivity contribution < 1.29 is 112 Å². The first-order chi connectivity index (χ1) is 57.0. The van der Waals surface area contributed by atoms with E-state index >= 15 is 0 Å². The van der Waals surface area contributed by atoms with Gasteiger partial charge in [0, 0.05) is 48.7 Å². The van der Waals surface area contributed by atoms with Gasteiger partial charge in [0.1, 0.15) is 84.3 Å². The van der Waals surface area contributed by atoms with Crippen LogP contribution in [0.25, 0.3) is 10.9 Å². The molecule has 1 aromatic heterocycles. The fourth-order valence-corrected chi connectivity index (χ4v) is 13.3. The van der Waals surface area contributed by atoms with Gasteiger partial charge in [-0.2, -0.15) is 12.6 Å². The van der Waals surface area contributed by atoms with Crippen LogP contribution < -0.4 is 92.1 Å². The zero-order chi connectivity index (χ0) is 90.7. The second-order valence-corrected chi connectivity index (χ2v) is 31.3. The van der Waals surface area contributed by atoms with Gasteiger partial charge in [-0.3, -0.25) is 76.7 Å². The van der Waals surface area contributed by atoms with Crippen LogP contribution in [0.15, 0.2) is 54.7 Å². The minimum atomic E-state index is -1.83. The largest absolute Gasteiger partial charge is 0.508 e. The van der Waals surface area contributed by atoms with Crippen molar-refractivity contribution in [2.75, 3.05) is 38.5 Å². The molecule has 0 unspecified atom stereocenters. The van der Waals surface area contributed by atoms with E-state index in [9.17, 15) is 112 Å². The highest BCUT2D eigenvalue weighted by molar-refractivity contribution is 7.80. The van der Waals surface area contributed by atoms with E-state index in [0.717, 1.165) is 11.8 Å². The Morgan fingerprint density at radius 2 is 0.967 bits per heavy atom.